The quantitative estimate of drug-likeness (QED) is 0.827. The van der Waals surface area contributed by atoms with E-state index in [0.29, 0.717) is 24.4 Å². The summed E-state index contributed by atoms with van der Waals surface area (Å²) in [6.07, 6.45) is -4.09. The van der Waals surface area contributed by atoms with Gasteiger partial charge in [0.1, 0.15) is 0 Å². The van der Waals surface area contributed by atoms with Gasteiger partial charge in [0, 0.05) is 13.0 Å². The van der Waals surface area contributed by atoms with Crippen LogP contribution in [0, 0.1) is 5.92 Å². The highest BCUT2D eigenvalue weighted by molar-refractivity contribution is 7.80. The van der Waals surface area contributed by atoms with Crippen molar-refractivity contribution >= 4 is 35.8 Å². The normalized spacial score (nSPS) is 20.2. The van der Waals surface area contributed by atoms with Crippen LogP contribution in [0.3, 0.4) is 0 Å². The molecule has 0 bridgehead atoms. The average Bonchev–Trinajstić information content (AvgIpc) is 2.69. The van der Waals surface area contributed by atoms with Crippen molar-refractivity contribution in [3.8, 4) is 0 Å². The second-order valence-corrected chi connectivity index (χ2v) is 5.19. The van der Waals surface area contributed by atoms with Crippen molar-refractivity contribution in [3.63, 3.8) is 0 Å². The molecule has 1 heterocycles. The minimum Gasteiger partial charge on any atom is -0.311 e. The molecule has 0 aliphatic carbocycles. The molecule has 1 aromatic rings. The molecule has 1 aromatic carbocycles. The number of rotatable bonds is 2. The van der Waals surface area contributed by atoms with Gasteiger partial charge in [-0.15, -0.1) is 0 Å². The SMILES string of the molecule is O=C1CC(CS)CN1c1ccc(C(F)(F)F)cc1Cl. The fourth-order valence-electron chi connectivity index (χ4n) is 2.04. The van der Waals surface area contributed by atoms with Crippen LogP contribution < -0.4 is 4.90 Å². The van der Waals surface area contributed by atoms with Gasteiger partial charge in [0.2, 0.25) is 5.91 Å². The van der Waals surface area contributed by atoms with E-state index >= 15 is 0 Å². The Bertz CT molecular complexity index is 506. The van der Waals surface area contributed by atoms with Crippen LogP contribution in [0.2, 0.25) is 5.02 Å². The fraction of sp³-hybridized carbons (Fsp3) is 0.417. The number of halogens is 4. The second kappa shape index (κ2) is 5.25. The molecule has 1 amide bonds. The van der Waals surface area contributed by atoms with Crippen LogP contribution in [-0.4, -0.2) is 18.2 Å². The molecule has 7 heteroatoms. The molecule has 2 nitrogen and oxygen atoms in total. The van der Waals surface area contributed by atoms with Gasteiger partial charge in [-0.05, 0) is 29.9 Å². The Kier molecular flexibility index (Phi) is 4.01. The van der Waals surface area contributed by atoms with E-state index in [9.17, 15) is 18.0 Å². The summed E-state index contributed by atoms with van der Waals surface area (Å²) in [6, 6.07) is 3.02. The first-order valence-corrected chi connectivity index (χ1v) is 6.62. The summed E-state index contributed by atoms with van der Waals surface area (Å²) in [4.78, 5) is 13.2. The Hall–Kier alpha value is -0.880. The zero-order valence-electron chi connectivity index (χ0n) is 9.75. The lowest BCUT2D eigenvalue weighted by atomic mass is 10.1. The number of carbonyl (C=O) groups excluding carboxylic acids is 1. The van der Waals surface area contributed by atoms with Crippen LogP contribution in [-0.2, 0) is 11.0 Å². The molecule has 1 aliphatic rings. The van der Waals surface area contributed by atoms with Gasteiger partial charge in [-0.1, -0.05) is 11.6 Å². The minimum atomic E-state index is -4.44. The highest BCUT2D eigenvalue weighted by Gasteiger charge is 2.34. The largest absolute Gasteiger partial charge is 0.416 e. The molecular weight excluding hydrogens is 299 g/mol. The number of benzene rings is 1. The van der Waals surface area contributed by atoms with Gasteiger partial charge in [-0.2, -0.15) is 25.8 Å². The molecule has 0 radical (unpaired) electrons. The topological polar surface area (TPSA) is 20.3 Å². The number of nitrogens with zero attached hydrogens (tertiary/aromatic N) is 1. The molecule has 0 N–H and O–H groups in total. The van der Waals surface area contributed by atoms with Crippen molar-refractivity contribution < 1.29 is 18.0 Å². The second-order valence-electron chi connectivity index (χ2n) is 4.42. The number of hydrogen-bond acceptors (Lipinski definition) is 2. The predicted octanol–water partition coefficient (Wildman–Crippen LogP) is 3.64. The maximum atomic E-state index is 12.5. The predicted molar refractivity (Wildman–Crippen MR) is 70.8 cm³/mol. The summed E-state index contributed by atoms with van der Waals surface area (Å²) in [5.41, 5.74) is -0.498. The number of carbonyl (C=O) groups is 1. The Morgan fingerprint density at radius 1 is 1.42 bits per heavy atom. The summed E-state index contributed by atoms with van der Waals surface area (Å²) in [5.74, 6) is 0.524. The van der Waals surface area contributed by atoms with Crippen LogP contribution in [0.25, 0.3) is 0 Å². The standard InChI is InChI=1S/C12H11ClF3NOS/c13-9-4-8(12(14,15)16)1-2-10(9)17-5-7(6-19)3-11(17)18/h1-2,4,7,19H,3,5-6H2. The number of amides is 1. The molecule has 104 valence electrons. The Labute approximate surface area is 118 Å². The van der Waals surface area contributed by atoms with E-state index in [1.54, 1.807) is 0 Å². The van der Waals surface area contributed by atoms with Gasteiger partial charge in [0.25, 0.3) is 0 Å². The highest BCUT2D eigenvalue weighted by atomic mass is 35.5. The van der Waals surface area contributed by atoms with Gasteiger partial charge >= 0.3 is 6.18 Å². The molecule has 0 saturated carbocycles. The van der Waals surface area contributed by atoms with Crippen molar-refractivity contribution in [2.75, 3.05) is 17.2 Å². The first-order valence-electron chi connectivity index (χ1n) is 5.61. The third kappa shape index (κ3) is 3.00. The molecular formula is C12H11ClF3NOS. The third-order valence-corrected chi connectivity index (χ3v) is 3.85. The van der Waals surface area contributed by atoms with Gasteiger partial charge < -0.3 is 4.90 Å². The molecule has 1 unspecified atom stereocenters. The van der Waals surface area contributed by atoms with E-state index in [-0.39, 0.29) is 16.8 Å². The summed E-state index contributed by atoms with van der Waals surface area (Å²) in [7, 11) is 0. The van der Waals surface area contributed by atoms with Crippen molar-refractivity contribution in [2.45, 2.75) is 12.6 Å². The van der Waals surface area contributed by atoms with Crippen LogP contribution in [0.4, 0.5) is 18.9 Å². The monoisotopic (exact) mass is 309 g/mol. The van der Waals surface area contributed by atoms with Crippen LogP contribution in [0.15, 0.2) is 18.2 Å². The van der Waals surface area contributed by atoms with Gasteiger partial charge in [-0.3, -0.25) is 4.79 Å². The lowest BCUT2D eigenvalue weighted by molar-refractivity contribution is -0.137. The molecule has 0 aromatic heterocycles. The van der Waals surface area contributed by atoms with E-state index in [1.807, 2.05) is 0 Å². The van der Waals surface area contributed by atoms with Gasteiger partial charge in [0.15, 0.2) is 0 Å². The van der Waals surface area contributed by atoms with E-state index in [1.165, 1.54) is 11.0 Å². The van der Waals surface area contributed by atoms with E-state index in [0.717, 1.165) is 12.1 Å². The minimum absolute atomic E-state index is 0.0667. The lowest BCUT2D eigenvalue weighted by Gasteiger charge is -2.19. The summed E-state index contributed by atoms with van der Waals surface area (Å²) in [6.45, 7) is 0.438. The summed E-state index contributed by atoms with van der Waals surface area (Å²) in [5, 5.41) is -0.0667. The zero-order chi connectivity index (χ0) is 14.2. The Morgan fingerprint density at radius 3 is 2.58 bits per heavy atom. The number of thiol groups is 1. The molecule has 1 atom stereocenters. The smallest absolute Gasteiger partial charge is 0.311 e. The van der Waals surface area contributed by atoms with E-state index < -0.39 is 11.7 Å². The molecule has 1 fully saturated rings. The maximum absolute atomic E-state index is 12.5. The molecule has 19 heavy (non-hydrogen) atoms. The van der Waals surface area contributed by atoms with Crippen LogP contribution >= 0.6 is 24.2 Å². The zero-order valence-corrected chi connectivity index (χ0v) is 11.4. The Morgan fingerprint density at radius 2 is 2.11 bits per heavy atom. The average molecular weight is 310 g/mol. The van der Waals surface area contributed by atoms with Crippen molar-refractivity contribution in [3.05, 3.63) is 28.8 Å². The first kappa shape index (κ1) is 14.5. The van der Waals surface area contributed by atoms with Crippen molar-refractivity contribution in [1.29, 1.82) is 0 Å². The number of anilines is 1. The molecule has 2 rings (SSSR count). The number of hydrogen-bond donors (Lipinski definition) is 1. The van der Waals surface area contributed by atoms with Gasteiger partial charge in [0.05, 0.1) is 16.3 Å². The van der Waals surface area contributed by atoms with Crippen LogP contribution in [0.1, 0.15) is 12.0 Å². The van der Waals surface area contributed by atoms with Crippen molar-refractivity contribution in [2.24, 2.45) is 5.92 Å². The molecule has 0 spiro atoms. The Balaban J connectivity index is 2.30. The fourth-order valence-corrected chi connectivity index (χ4v) is 2.57. The summed E-state index contributed by atoms with van der Waals surface area (Å²) >= 11 is 9.99. The van der Waals surface area contributed by atoms with Crippen LogP contribution in [0.5, 0.6) is 0 Å². The maximum Gasteiger partial charge on any atom is 0.416 e. The summed E-state index contributed by atoms with van der Waals surface area (Å²) < 4.78 is 37.6. The highest BCUT2D eigenvalue weighted by Crippen LogP contribution is 2.37. The first-order chi connectivity index (χ1) is 8.82. The lowest BCUT2D eigenvalue weighted by Crippen LogP contribution is -2.25. The third-order valence-electron chi connectivity index (χ3n) is 3.03. The molecule has 1 saturated heterocycles. The molecule has 1 aliphatic heterocycles. The van der Waals surface area contributed by atoms with Crippen molar-refractivity contribution in [1.82, 2.24) is 0 Å². The van der Waals surface area contributed by atoms with Gasteiger partial charge in [-0.25, -0.2) is 0 Å². The van der Waals surface area contributed by atoms with E-state index in [2.05, 4.69) is 12.6 Å². The van der Waals surface area contributed by atoms with E-state index in [4.69, 9.17) is 11.6 Å². The number of alkyl halides is 3.